The van der Waals surface area contributed by atoms with E-state index in [-0.39, 0.29) is 5.91 Å². The molecule has 2 N–H and O–H groups in total. The van der Waals surface area contributed by atoms with Gasteiger partial charge in [0, 0.05) is 11.1 Å². The lowest BCUT2D eigenvalue weighted by Crippen LogP contribution is -2.11. The van der Waals surface area contributed by atoms with Crippen molar-refractivity contribution in [3.05, 3.63) is 119 Å². The van der Waals surface area contributed by atoms with Crippen molar-refractivity contribution in [2.75, 3.05) is 5.32 Å². The molecule has 0 aliphatic heterocycles. The highest BCUT2D eigenvalue weighted by molar-refractivity contribution is 7.21. The molecule has 0 radical (unpaired) electrons. The SMILES string of the molecule is O=C(Nc1ccccc1-c1nc2ccccc2[nH]1)c1sc2c(c(-c3ccccc3)nn2-c2ccccc2)c1Cl. The Hall–Kier alpha value is -4.72. The fourth-order valence-electron chi connectivity index (χ4n) is 4.70. The summed E-state index contributed by atoms with van der Waals surface area (Å²) in [5, 5.41) is 9.13. The monoisotopic (exact) mass is 545 g/mol. The van der Waals surface area contributed by atoms with E-state index in [2.05, 4.69) is 10.3 Å². The molecule has 0 saturated carbocycles. The van der Waals surface area contributed by atoms with Crippen LogP contribution in [0.5, 0.6) is 0 Å². The van der Waals surface area contributed by atoms with Crippen LogP contribution < -0.4 is 5.32 Å². The number of carbonyl (C=O) groups is 1. The number of hydrogen-bond donors (Lipinski definition) is 2. The number of thiophene rings is 1. The normalized spacial score (nSPS) is 11.3. The van der Waals surface area contributed by atoms with E-state index < -0.39 is 0 Å². The molecule has 0 aliphatic carbocycles. The van der Waals surface area contributed by atoms with E-state index in [0.717, 1.165) is 43.8 Å². The Kier molecular flexibility index (Phi) is 5.73. The molecule has 8 heteroatoms. The molecule has 0 unspecified atom stereocenters. The first kappa shape index (κ1) is 23.4. The Labute approximate surface area is 232 Å². The van der Waals surface area contributed by atoms with Crippen LogP contribution in [0.25, 0.3) is 49.6 Å². The fourth-order valence-corrected chi connectivity index (χ4v) is 6.19. The summed E-state index contributed by atoms with van der Waals surface area (Å²) in [4.78, 5) is 23.0. The summed E-state index contributed by atoms with van der Waals surface area (Å²) in [5.41, 5.74) is 5.78. The lowest BCUT2D eigenvalue weighted by molar-refractivity contribution is 0.103. The summed E-state index contributed by atoms with van der Waals surface area (Å²) < 4.78 is 1.85. The Morgan fingerprint density at radius 2 is 1.54 bits per heavy atom. The van der Waals surface area contributed by atoms with Gasteiger partial charge in [-0.15, -0.1) is 11.3 Å². The number of para-hydroxylation sites is 4. The van der Waals surface area contributed by atoms with Gasteiger partial charge in [0.25, 0.3) is 5.91 Å². The fraction of sp³-hybridized carbons (Fsp3) is 0. The number of nitrogens with zero attached hydrogens (tertiary/aromatic N) is 3. The van der Waals surface area contributed by atoms with Gasteiger partial charge in [-0.05, 0) is 36.4 Å². The number of fused-ring (bicyclic) bond motifs is 2. The van der Waals surface area contributed by atoms with Crippen molar-refractivity contribution >= 4 is 55.8 Å². The van der Waals surface area contributed by atoms with Crippen LogP contribution in [0.4, 0.5) is 5.69 Å². The third-order valence-electron chi connectivity index (χ3n) is 6.53. The van der Waals surface area contributed by atoms with Gasteiger partial charge in [-0.1, -0.05) is 84.4 Å². The first-order valence-corrected chi connectivity index (χ1v) is 13.5. The van der Waals surface area contributed by atoms with Crippen LogP contribution in [0.1, 0.15) is 9.67 Å². The molecule has 3 aromatic heterocycles. The predicted octanol–water partition coefficient (Wildman–Crippen LogP) is 8.20. The van der Waals surface area contributed by atoms with E-state index in [1.807, 2.05) is 114 Å². The van der Waals surface area contributed by atoms with Gasteiger partial charge in [0.2, 0.25) is 0 Å². The average Bonchev–Trinajstić information content (AvgIpc) is 3.67. The zero-order valence-corrected chi connectivity index (χ0v) is 22.0. The van der Waals surface area contributed by atoms with Crippen LogP contribution in [0, 0.1) is 0 Å². The minimum Gasteiger partial charge on any atom is -0.338 e. The molecule has 0 bridgehead atoms. The molecule has 0 atom stereocenters. The van der Waals surface area contributed by atoms with Crippen molar-refractivity contribution in [2.45, 2.75) is 0 Å². The first-order chi connectivity index (χ1) is 19.2. The lowest BCUT2D eigenvalue weighted by Gasteiger charge is -2.09. The second-order valence-electron chi connectivity index (χ2n) is 8.99. The molecule has 0 spiro atoms. The van der Waals surface area contributed by atoms with E-state index in [1.54, 1.807) is 0 Å². The Balaban J connectivity index is 1.32. The van der Waals surface area contributed by atoms with Crippen molar-refractivity contribution in [1.29, 1.82) is 0 Å². The molecule has 39 heavy (non-hydrogen) atoms. The van der Waals surface area contributed by atoms with Gasteiger partial charge >= 0.3 is 0 Å². The predicted molar refractivity (Wildman–Crippen MR) is 159 cm³/mol. The summed E-state index contributed by atoms with van der Waals surface area (Å²) in [7, 11) is 0. The summed E-state index contributed by atoms with van der Waals surface area (Å²) in [6.45, 7) is 0. The molecular weight excluding hydrogens is 526 g/mol. The number of hydrogen-bond acceptors (Lipinski definition) is 4. The number of anilines is 1. The Bertz CT molecular complexity index is 1940. The van der Waals surface area contributed by atoms with Crippen molar-refractivity contribution in [3.8, 4) is 28.3 Å². The van der Waals surface area contributed by atoms with E-state index in [9.17, 15) is 4.79 Å². The maximum atomic E-state index is 13.7. The highest BCUT2D eigenvalue weighted by Gasteiger charge is 2.26. The molecule has 188 valence electrons. The van der Waals surface area contributed by atoms with Gasteiger partial charge in [0.05, 0.1) is 32.8 Å². The molecular formula is C31H20ClN5OS. The smallest absolute Gasteiger partial charge is 0.267 e. The summed E-state index contributed by atoms with van der Waals surface area (Å²) in [6.07, 6.45) is 0. The second kappa shape index (κ2) is 9.54. The third kappa shape index (κ3) is 4.09. The number of rotatable bonds is 5. The lowest BCUT2D eigenvalue weighted by atomic mass is 10.1. The summed E-state index contributed by atoms with van der Waals surface area (Å²) >= 11 is 8.29. The molecule has 0 saturated heterocycles. The van der Waals surface area contributed by atoms with Crippen LogP contribution >= 0.6 is 22.9 Å². The van der Waals surface area contributed by atoms with Gasteiger partial charge in [-0.3, -0.25) is 4.79 Å². The van der Waals surface area contributed by atoms with Crippen molar-refractivity contribution < 1.29 is 4.79 Å². The summed E-state index contributed by atoms with van der Waals surface area (Å²) in [5.74, 6) is 0.393. The van der Waals surface area contributed by atoms with Crippen LogP contribution in [0.15, 0.2) is 109 Å². The van der Waals surface area contributed by atoms with E-state index in [4.69, 9.17) is 21.7 Å². The molecule has 4 aromatic carbocycles. The molecule has 1 amide bonds. The third-order valence-corrected chi connectivity index (χ3v) is 8.19. The number of H-pyrrole nitrogens is 1. The average molecular weight is 546 g/mol. The van der Waals surface area contributed by atoms with Crippen LogP contribution in [0.2, 0.25) is 5.02 Å². The minimum atomic E-state index is -0.289. The van der Waals surface area contributed by atoms with E-state index in [1.165, 1.54) is 11.3 Å². The number of aromatic amines is 1. The molecule has 7 aromatic rings. The Morgan fingerprint density at radius 3 is 2.33 bits per heavy atom. The van der Waals surface area contributed by atoms with Gasteiger partial charge in [0.15, 0.2) is 0 Å². The molecule has 0 fully saturated rings. The number of halogens is 1. The molecule has 0 aliphatic rings. The highest BCUT2D eigenvalue weighted by Crippen LogP contribution is 2.42. The highest BCUT2D eigenvalue weighted by atomic mass is 35.5. The molecule has 7 rings (SSSR count). The number of benzene rings is 4. The van der Waals surface area contributed by atoms with Crippen LogP contribution in [-0.4, -0.2) is 25.7 Å². The van der Waals surface area contributed by atoms with Crippen molar-refractivity contribution in [2.24, 2.45) is 0 Å². The van der Waals surface area contributed by atoms with Crippen molar-refractivity contribution in [1.82, 2.24) is 19.7 Å². The van der Waals surface area contributed by atoms with E-state index >= 15 is 0 Å². The second-order valence-corrected chi connectivity index (χ2v) is 10.4. The number of aromatic nitrogens is 4. The number of amides is 1. The maximum Gasteiger partial charge on any atom is 0.267 e. The van der Waals surface area contributed by atoms with E-state index in [0.29, 0.717) is 21.4 Å². The van der Waals surface area contributed by atoms with Gasteiger partial charge < -0.3 is 10.3 Å². The minimum absolute atomic E-state index is 0.289. The largest absolute Gasteiger partial charge is 0.338 e. The topological polar surface area (TPSA) is 75.6 Å². The molecule has 3 heterocycles. The number of carbonyl (C=O) groups excluding carboxylic acids is 1. The summed E-state index contributed by atoms with van der Waals surface area (Å²) in [6, 6.07) is 35.2. The van der Waals surface area contributed by atoms with Crippen LogP contribution in [0.3, 0.4) is 0 Å². The number of nitrogens with one attached hydrogen (secondary N) is 2. The Morgan fingerprint density at radius 1 is 0.846 bits per heavy atom. The number of imidazole rings is 1. The van der Waals surface area contributed by atoms with Crippen LogP contribution in [-0.2, 0) is 0 Å². The van der Waals surface area contributed by atoms with Gasteiger partial charge in [-0.2, -0.15) is 5.10 Å². The molecule has 6 nitrogen and oxygen atoms in total. The van der Waals surface area contributed by atoms with Crippen molar-refractivity contribution in [3.63, 3.8) is 0 Å². The zero-order chi connectivity index (χ0) is 26.3. The zero-order valence-electron chi connectivity index (χ0n) is 20.4. The quantitative estimate of drug-likeness (QED) is 0.229. The first-order valence-electron chi connectivity index (χ1n) is 12.3. The van der Waals surface area contributed by atoms with Gasteiger partial charge in [0.1, 0.15) is 21.2 Å². The standard InChI is InChI=1S/C31H20ClN5OS/c32-26-25-27(19-11-3-1-4-12-19)36-37(20-13-5-2-6-14-20)31(25)39-28(26)30(38)35-22-16-8-7-15-21(22)29-33-23-17-9-10-18-24(23)34-29/h1-18H,(H,33,34)(H,35,38). The maximum absolute atomic E-state index is 13.7. The van der Waals surface area contributed by atoms with Gasteiger partial charge in [-0.25, -0.2) is 9.67 Å².